The van der Waals surface area contributed by atoms with Crippen molar-refractivity contribution >= 4 is 56.2 Å². The molecule has 3 N–H and O–H groups in total. The summed E-state index contributed by atoms with van der Waals surface area (Å²) in [6.07, 6.45) is -5.16. The van der Waals surface area contributed by atoms with Gasteiger partial charge >= 0.3 is 6.18 Å². The molecule has 1 atom stereocenters. The molecule has 3 aromatic rings. The van der Waals surface area contributed by atoms with Gasteiger partial charge in [-0.25, -0.2) is 0 Å². The Labute approximate surface area is 211 Å². The number of halogens is 4. The zero-order valence-electron chi connectivity index (χ0n) is 17.6. The number of rotatable bonds is 4. The van der Waals surface area contributed by atoms with Crippen LogP contribution >= 0.6 is 22.9 Å². The number of anilines is 2. The number of aliphatic hydroxyl groups excluding tert-OH is 1. The van der Waals surface area contributed by atoms with E-state index < -0.39 is 45.5 Å². The maximum Gasteiger partial charge on any atom is 0.418 e. The van der Waals surface area contributed by atoms with Crippen LogP contribution in [0, 0.1) is 11.5 Å². The van der Waals surface area contributed by atoms with Crippen molar-refractivity contribution in [3.05, 3.63) is 75.6 Å². The summed E-state index contributed by atoms with van der Waals surface area (Å²) in [5.41, 5.74) is -1.99. The summed E-state index contributed by atoms with van der Waals surface area (Å²) in [4.78, 5) is 13.4. The minimum atomic E-state index is -4.97. The lowest BCUT2D eigenvalue weighted by Crippen LogP contribution is -2.30. The monoisotopic (exact) mass is 555 g/mol. The highest BCUT2D eigenvalue weighted by atomic mass is 35.5. The van der Waals surface area contributed by atoms with Crippen LogP contribution in [0.2, 0.25) is 4.34 Å². The predicted octanol–water partition coefficient (Wildman–Crippen LogP) is 4.30. The standard InChI is InChI=1S/C21H13ClF3N5O4S2/c22-16-7-8-17(35-16)36(33,34)29-20(27-10-26)28-11-5-6-15(14(9-11)21(23,24)25)30-18(31)12-3-1-2-4-13(12)19(30)32/h1-9,18,31H,(H2,27,28,29). The Hall–Kier alpha value is -3.64. The molecule has 0 radical (unpaired) electrons. The van der Waals surface area contributed by atoms with E-state index in [-0.39, 0.29) is 25.4 Å². The van der Waals surface area contributed by atoms with E-state index in [2.05, 4.69) is 9.71 Å². The van der Waals surface area contributed by atoms with Crippen molar-refractivity contribution in [2.45, 2.75) is 16.6 Å². The molecule has 1 aliphatic rings. The van der Waals surface area contributed by atoms with Crippen LogP contribution in [0.4, 0.5) is 24.5 Å². The first-order valence-corrected chi connectivity index (χ1v) is 12.4. The second-order valence-corrected chi connectivity index (χ2v) is 10.7. The van der Waals surface area contributed by atoms with Gasteiger partial charge in [-0.15, -0.1) is 15.7 Å². The third-order valence-electron chi connectivity index (χ3n) is 4.95. The summed E-state index contributed by atoms with van der Waals surface area (Å²) in [5.74, 6) is -1.49. The molecule has 0 spiro atoms. The van der Waals surface area contributed by atoms with Gasteiger partial charge in [-0.05, 0) is 36.4 Å². The molecule has 1 aromatic heterocycles. The third-order valence-corrected chi connectivity index (χ3v) is 7.92. The Balaban J connectivity index is 1.72. The number of hydrogen-bond donors (Lipinski definition) is 3. The van der Waals surface area contributed by atoms with Crippen LogP contribution in [-0.4, -0.2) is 25.4 Å². The summed E-state index contributed by atoms with van der Waals surface area (Å²) in [6.45, 7) is 0. The first kappa shape index (κ1) is 25.5. The molecule has 0 saturated heterocycles. The lowest BCUT2D eigenvalue weighted by Gasteiger charge is -2.25. The van der Waals surface area contributed by atoms with Gasteiger partial charge in [-0.1, -0.05) is 29.8 Å². The van der Waals surface area contributed by atoms with E-state index in [1.165, 1.54) is 42.6 Å². The summed E-state index contributed by atoms with van der Waals surface area (Å²) in [7, 11) is -4.35. The van der Waals surface area contributed by atoms with Crippen molar-refractivity contribution in [1.29, 1.82) is 5.26 Å². The maximum absolute atomic E-state index is 14.0. The average molecular weight is 556 g/mol. The molecule has 4 rings (SSSR count). The van der Waals surface area contributed by atoms with E-state index in [4.69, 9.17) is 16.9 Å². The van der Waals surface area contributed by atoms with Crippen LogP contribution in [0.5, 0.6) is 0 Å². The summed E-state index contributed by atoms with van der Waals surface area (Å²) in [6, 6.07) is 11.0. The first-order chi connectivity index (χ1) is 16.9. The molecular weight excluding hydrogens is 543 g/mol. The molecule has 15 heteroatoms. The quantitative estimate of drug-likeness (QED) is 0.189. The van der Waals surface area contributed by atoms with Crippen LogP contribution in [-0.2, 0) is 16.2 Å². The molecule has 2 aromatic carbocycles. The van der Waals surface area contributed by atoms with Gasteiger partial charge in [-0.3, -0.25) is 15.0 Å². The highest BCUT2D eigenvalue weighted by Crippen LogP contribution is 2.43. The van der Waals surface area contributed by atoms with Gasteiger partial charge in [-0.2, -0.15) is 26.9 Å². The Morgan fingerprint density at radius 1 is 1.19 bits per heavy atom. The molecule has 1 amide bonds. The average Bonchev–Trinajstić information content (AvgIpc) is 3.36. The molecule has 36 heavy (non-hydrogen) atoms. The SMILES string of the molecule is N#CNC(=NS(=O)(=O)c1ccc(Cl)s1)Nc1ccc(N2C(=O)c3ccccc3C2O)c(C(F)(F)F)c1. The van der Waals surface area contributed by atoms with Gasteiger partial charge in [0.15, 0.2) is 12.4 Å². The van der Waals surface area contributed by atoms with Crippen LogP contribution in [0.25, 0.3) is 0 Å². The second-order valence-electron chi connectivity index (χ2n) is 7.20. The molecule has 0 fully saturated rings. The van der Waals surface area contributed by atoms with Crippen molar-refractivity contribution in [2.75, 3.05) is 10.2 Å². The number of sulfonamides is 1. The van der Waals surface area contributed by atoms with E-state index in [1.54, 1.807) is 0 Å². The van der Waals surface area contributed by atoms with Crippen molar-refractivity contribution in [2.24, 2.45) is 4.40 Å². The van der Waals surface area contributed by atoms with E-state index >= 15 is 0 Å². The Kier molecular flexibility index (Phi) is 6.67. The Morgan fingerprint density at radius 2 is 1.92 bits per heavy atom. The van der Waals surface area contributed by atoms with Crippen molar-refractivity contribution in [3.63, 3.8) is 0 Å². The molecular formula is C21H13ClF3N5O4S2. The third kappa shape index (κ3) is 4.86. The largest absolute Gasteiger partial charge is 0.418 e. The molecule has 9 nitrogen and oxygen atoms in total. The fourth-order valence-electron chi connectivity index (χ4n) is 3.46. The molecule has 1 unspecified atom stereocenters. The molecule has 186 valence electrons. The smallest absolute Gasteiger partial charge is 0.369 e. The number of thiophene rings is 1. The number of alkyl halides is 3. The Morgan fingerprint density at radius 3 is 2.53 bits per heavy atom. The van der Waals surface area contributed by atoms with E-state index in [0.29, 0.717) is 22.3 Å². The van der Waals surface area contributed by atoms with Crippen LogP contribution < -0.4 is 15.5 Å². The highest BCUT2D eigenvalue weighted by Gasteiger charge is 2.42. The van der Waals surface area contributed by atoms with Crippen LogP contribution in [0.15, 0.2) is 63.2 Å². The minimum absolute atomic E-state index is 0.0619. The van der Waals surface area contributed by atoms with Gasteiger partial charge in [0.05, 0.1) is 15.6 Å². The van der Waals surface area contributed by atoms with Crippen LogP contribution in [0.1, 0.15) is 27.7 Å². The second kappa shape index (κ2) is 9.43. The first-order valence-electron chi connectivity index (χ1n) is 9.76. The van der Waals surface area contributed by atoms with Crippen molar-refractivity contribution < 1.29 is 31.5 Å². The van der Waals surface area contributed by atoms with E-state index in [1.807, 2.05) is 5.32 Å². The number of carbonyl (C=O) groups excluding carboxylic acids is 1. The lowest BCUT2D eigenvalue weighted by atomic mass is 10.1. The highest BCUT2D eigenvalue weighted by molar-refractivity contribution is 7.92. The number of hydrogen-bond acceptors (Lipinski definition) is 6. The summed E-state index contributed by atoms with van der Waals surface area (Å²) >= 11 is 6.44. The Bertz CT molecular complexity index is 1530. The number of fused-ring (bicyclic) bond motifs is 1. The molecule has 0 aliphatic carbocycles. The normalized spacial score (nSPS) is 16.0. The summed E-state index contributed by atoms with van der Waals surface area (Å²) < 4.78 is 70.3. The minimum Gasteiger partial charge on any atom is -0.369 e. The van der Waals surface area contributed by atoms with Gasteiger partial charge in [0.25, 0.3) is 15.9 Å². The number of carbonyl (C=O) groups is 1. The van der Waals surface area contributed by atoms with Gasteiger partial charge in [0, 0.05) is 16.8 Å². The molecule has 2 heterocycles. The zero-order chi connectivity index (χ0) is 26.3. The van der Waals surface area contributed by atoms with Gasteiger partial charge < -0.3 is 10.4 Å². The maximum atomic E-state index is 14.0. The number of nitriles is 1. The summed E-state index contributed by atoms with van der Waals surface area (Å²) in [5, 5.41) is 23.8. The van der Waals surface area contributed by atoms with E-state index in [9.17, 15) is 31.5 Å². The lowest BCUT2D eigenvalue weighted by molar-refractivity contribution is -0.137. The fourth-order valence-corrected chi connectivity index (χ4v) is 5.83. The fraction of sp³-hybridized carbons (Fsp3) is 0.0952. The molecule has 1 aliphatic heterocycles. The number of nitrogens with one attached hydrogen (secondary N) is 2. The predicted molar refractivity (Wildman–Crippen MR) is 126 cm³/mol. The number of nitrogens with zero attached hydrogens (tertiary/aromatic N) is 3. The van der Waals surface area contributed by atoms with Crippen molar-refractivity contribution in [1.82, 2.24) is 5.32 Å². The van der Waals surface area contributed by atoms with E-state index in [0.717, 1.165) is 12.1 Å². The molecule has 0 bridgehead atoms. The van der Waals surface area contributed by atoms with Crippen molar-refractivity contribution in [3.8, 4) is 6.19 Å². The van der Waals surface area contributed by atoms with Gasteiger partial charge in [0.2, 0.25) is 5.96 Å². The topological polar surface area (TPSA) is 135 Å². The van der Waals surface area contributed by atoms with Crippen LogP contribution in [0.3, 0.4) is 0 Å². The van der Waals surface area contributed by atoms with Gasteiger partial charge in [0.1, 0.15) is 4.21 Å². The number of benzene rings is 2. The molecule has 0 saturated carbocycles. The number of amides is 1. The number of aliphatic hydroxyl groups is 1. The number of guanidine groups is 1. The zero-order valence-corrected chi connectivity index (χ0v) is 20.0.